The van der Waals surface area contributed by atoms with Crippen LogP contribution in [0.25, 0.3) is 0 Å². The molecule has 0 unspecified atom stereocenters. The molecule has 2 aromatic carbocycles. The van der Waals surface area contributed by atoms with Crippen LogP contribution in [0.15, 0.2) is 48.5 Å². The number of aromatic nitrogens is 1. The van der Waals surface area contributed by atoms with Crippen LogP contribution in [0.4, 0.5) is 20.9 Å². The van der Waals surface area contributed by atoms with Gasteiger partial charge in [0.2, 0.25) is 0 Å². The number of aryl methyl sites for hydroxylation is 2. The monoisotopic (exact) mass is 341 g/mol. The maximum absolute atomic E-state index is 13.6. The average Bonchev–Trinajstić information content (AvgIpc) is 2.92. The number of hydrogen-bond acceptors (Lipinski definition) is 4. The maximum atomic E-state index is 13.6. The highest BCUT2D eigenvalue weighted by molar-refractivity contribution is 7.17. The third kappa shape index (κ3) is 3.60. The number of hydrogen-bond donors (Lipinski definition) is 2. The van der Waals surface area contributed by atoms with Crippen LogP contribution in [0.3, 0.4) is 0 Å². The van der Waals surface area contributed by atoms with E-state index in [4.69, 9.17) is 0 Å². The van der Waals surface area contributed by atoms with Gasteiger partial charge in [-0.25, -0.2) is 9.37 Å². The Bertz CT molecular complexity index is 877. The zero-order valence-corrected chi connectivity index (χ0v) is 14.1. The molecule has 122 valence electrons. The van der Waals surface area contributed by atoms with E-state index in [0.29, 0.717) is 27.0 Å². The molecule has 0 bridgehead atoms. The molecule has 0 radical (unpaired) electrons. The van der Waals surface area contributed by atoms with Gasteiger partial charge in [-0.1, -0.05) is 35.6 Å². The van der Waals surface area contributed by atoms with Crippen LogP contribution < -0.4 is 10.6 Å². The molecule has 0 aliphatic heterocycles. The summed E-state index contributed by atoms with van der Waals surface area (Å²) < 4.78 is 13.6. The molecule has 3 aromatic rings. The Morgan fingerprint density at radius 1 is 1.08 bits per heavy atom. The first-order valence-electron chi connectivity index (χ1n) is 7.40. The molecular formula is C18H16FN3OS. The lowest BCUT2D eigenvalue weighted by Gasteiger charge is -2.05. The predicted molar refractivity (Wildman–Crippen MR) is 95.7 cm³/mol. The molecule has 0 spiro atoms. The summed E-state index contributed by atoms with van der Waals surface area (Å²) in [6.45, 7) is 3.45. The number of carbonyl (C=O) groups excluding carboxylic acids is 1. The van der Waals surface area contributed by atoms with Crippen LogP contribution in [0, 0.1) is 19.7 Å². The van der Waals surface area contributed by atoms with Crippen molar-refractivity contribution in [3.05, 3.63) is 70.5 Å². The van der Waals surface area contributed by atoms with E-state index in [1.54, 1.807) is 26.0 Å². The Morgan fingerprint density at radius 3 is 2.54 bits per heavy atom. The van der Waals surface area contributed by atoms with Gasteiger partial charge in [0.25, 0.3) is 5.91 Å². The molecule has 1 amide bonds. The van der Waals surface area contributed by atoms with Gasteiger partial charge in [-0.15, -0.1) is 0 Å². The molecule has 1 heterocycles. The van der Waals surface area contributed by atoms with Crippen LogP contribution in [-0.2, 0) is 0 Å². The molecule has 3 rings (SSSR count). The minimum atomic E-state index is -0.347. The van der Waals surface area contributed by atoms with E-state index in [2.05, 4.69) is 15.6 Å². The van der Waals surface area contributed by atoms with Gasteiger partial charge in [0.05, 0.1) is 5.69 Å². The Hall–Kier alpha value is -2.73. The number of rotatable bonds is 4. The van der Waals surface area contributed by atoms with E-state index in [9.17, 15) is 9.18 Å². The van der Waals surface area contributed by atoms with E-state index in [1.165, 1.54) is 17.4 Å². The van der Waals surface area contributed by atoms with E-state index in [0.717, 1.165) is 5.69 Å². The minimum Gasteiger partial charge on any atom is -0.332 e. The lowest BCUT2D eigenvalue weighted by atomic mass is 10.2. The second-order valence-corrected chi connectivity index (χ2v) is 6.34. The molecule has 6 heteroatoms. The summed E-state index contributed by atoms with van der Waals surface area (Å²) in [6, 6.07) is 14.2. The van der Waals surface area contributed by atoms with Gasteiger partial charge in [0, 0.05) is 11.4 Å². The second kappa shape index (κ2) is 6.80. The third-order valence-electron chi connectivity index (χ3n) is 3.46. The van der Waals surface area contributed by atoms with E-state index in [1.807, 2.05) is 30.3 Å². The average molecular weight is 341 g/mol. The summed E-state index contributed by atoms with van der Waals surface area (Å²) in [6.07, 6.45) is 0. The number of halogens is 1. The molecule has 1 aromatic heterocycles. The van der Waals surface area contributed by atoms with Crippen molar-refractivity contribution in [1.29, 1.82) is 0 Å². The van der Waals surface area contributed by atoms with Crippen molar-refractivity contribution in [2.45, 2.75) is 13.8 Å². The number of carbonyl (C=O) groups is 1. The van der Waals surface area contributed by atoms with E-state index in [-0.39, 0.29) is 11.7 Å². The Morgan fingerprint density at radius 2 is 1.83 bits per heavy atom. The predicted octanol–water partition coefficient (Wildman–Crippen LogP) is 4.89. The highest BCUT2D eigenvalue weighted by Crippen LogP contribution is 2.26. The second-order valence-electron chi connectivity index (χ2n) is 5.34. The summed E-state index contributed by atoms with van der Waals surface area (Å²) in [5, 5.41) is 6.51. The fourth-order valence-electron chi connectivity index (χ4n) is 2.16. The quantitative estimate of drug-likeness (QED) is 0.710. The summed E-state index contributed by atoms with van der Waals surface area (Å²) in [4.78, 5) is 17.3. The Balaban J connectivity index is 1.76. The molecular weight excluding hydrogens is 325 g/mol. The fraction of sp³-hybridized carbons (Fsp3) is 0.111. The normalized spacial score (nSPS) is 10.5. The van der Waals surface area contributed by atoms with Gasteiger partial charge in [-0.3, -0.25) is 4.79 Å². The molecule has 2 N–H and O–H groups in total. The zero-order chi connectivity index (χ0) is 17.1. The smallest absolute Gasteiger partial charge is 0.267 e. The number of thiazole rings is 1. The highest BCUT2D eigenvalue weighted by atomic mass is 32.1. The van der Waals surface area contributed by atoms with Gasteiger partial charge in [0.15, 0.2) is 5.13 Å². The van der Waals surface area contributed by atoms with Gasteiger partial charge < -0.3 is 10.6 Å². The first-order chi connectivity index (χ1) is 11.5. The lowest BCUT2D eigenvalue weighted by molar-refractivity contribution is 0.103. The van der Waals surface area contributed by atoms with Gasteiger partial charge in [-0.05, 0) is 43.7 Å². The van der Waals surface area contributed by atoms with Crippen LogP contribution in [0.2, 0.25) is 0 Å². The summed E-state index contributed by atoms with van der Waals surface area (Å²) >= 11 is 1.26. The topological polar surface area (TPSA) is 54.0 Å². The summed E-state index contributed by atoms with van der Waals surface area (Å²) in [5.41, 5.74) is 2.49. The summed E-state index contributed by atoms with van der Waals surface area (Å²) in [7, 11) is 0. The molecule has 0 aliphatic rings. The SMILES string of the molecule is Cc1ccc(NC(=O)c2sc(Nc3ccccc3)nc2C)cc1F. The Labute approximate surface area is 143 Å². The van der Waals surface area contributed by atoms with Crippen LogP contribution in [-0.4, -0.2) is 10.9 Å². The lowest BCUT2D eigenvalue weighted by Crippen LogP contribution is -2.11. The number of nitrogens with one attached hydrogen (secondary N) is 2. The van der Waals surface area contributed by atoms with Crippen molar-refractivity contribution >= 4 is 33.8 Å². The number of nitrogens with zero attached hydrogens (tertiary/aromatic N) is 1. The van der Waals surface area contributed by atoms with Gasteiger partial charge in [0.1, 0.15) is 10.7 Å². The molecule has 0 fully saturated rings. The highest BCUT2D eigenvalue weighted by Gasteiger charge is 2.16. The first kappa shape index (κ1) is 16.1. The standard InChI is InChI=1S/C18H16FN3OS/c1-11-8-9-14(10-15(11)19)21-17(23)16-12(2)20-18(24-16)22-13-6-4-3-5-7-13/h3-10H,1-2H3,(H,20,22)(H,21,23). The Kier molecular flexibility index (Phi) is 4.57. The largest absolute Gasteiger partial charge is 0.332 e. The van der Waals surface area contributed by atoms with E-state index < -0.39 is 0 Å². The number of amides is 1. The number of anilines is 3. The molecule has 0 atom stereocenters. The molecule has 0 saturated carbocycles. The summed E-state index contributed by atoms with van der Waals surface area (Å²) in [5.74, 6) is -0.644. The van der Waals surface area contributed by atoms with Crippen molar-refractivity contribution in [1.82, 2.24) is 4.98 Å². The fourth-order valence-corrected chi connectivity index (χ4v) is 3.05. The molecule has 0 aliphatic carbocycles. The molecule has 4 nitrogen and oxygen atoms in total. The van der Waals surface area contributed by atoms with Crippen molar-refractivity contribution in [2.75, 3.05) is 10.6 Å². The first-order valence-corrected chi connectivity index (χ1v) is 8.21. The van der Waals surface area contributed by atoms with Crippen molar-refractivity contribution < 1.29 is 9.18 Å². The maximum Gasteiger partial charge on any atom is 0.267 e. The van der Waals surface area contributed by atoms with Gasteiger partial charge in [-0.2, -0.15) is 0 Å². The molecule has 24 heavy (non-hydrogen) atoms. The minimum absolute atomic E-state index is 0.297. The number of para-hydroxylation sites is 1. The van der Waals surface area contributed by atoms with Crippen molar-refractivity contribution in [3.63, 3.8) is 0 Å². The zero-order valence-electron chi connectivity index (χ0n) is 13.3. The van der Waals surface area contributed by atoms with Crippen molar-refractivity contribution in [2.24, 2.45) is 0 Å². The van der Waals surface area contributed by atoms with Gasteiger partial charge >= 0.3 is 0 Å². The van der Waals surface area contributed by atoms with Crippen LogP contribution >= 0.6 is 11.3 Å². The number of benzene rings is 2. The third-order valence-corrected chi connectivity index (χ3v) is 4.53. The van der Waals surface area contributed by atoms with E-state index >= 15 is 0 Å². The molecule has 0 saturated heterocycles. The van der Waals surface area contributed by atoms with Crippen LogP contribution in [0.5, 0.6) is 0 Å². The van der Waals surface area contributed by atoms with Crippen molar-refractivity contribution in [3.8, 4) is 0 Å². The van der Waals surface area contributed by atoms with Crippen LogP contribution in [0.1, 0.15) is 20.9 Å².